The number of amides is 1. The Hall–Kier alpha value is -0.960. The Morgan fingerprint density at radius 2 is 1.88 bits per heavy atom. The van der Waals surface area contributed by atoms with Crippen LogP contribution in [-0.2, 0) is 4.79 Å². The first kappa shape index (κ1) is 13.1. The lowest BCUT2D eigenvalue weighted by molar-refractivity contribution is -0.117. The minimum atomic E-state index is -0.236. The van der Waals surface area contributed by atoms with E-state index in [1.807, 2.05) is 6.92 Å². The van der Waals surface area contributed by atoms with Crippen LogP contribution in [0.15, 0.2) is 29.2 Å². The molecule has 0 fully saturated rings. The minimum Gasteiger partial charge on any atom is -0.369 e. The van der Waals surface area contributed by atoms with Gasteiger partial charge in [-0.05, 0) is 30.0 Å². The van der Waals surface area contributed by atoms with Gasteiger partial charge in [-0.2, -0.15) is 0 Å². The number of rotatable bonds is 5. The maximum Gasteiger partial charge on any atom is 0.230 e. The van der Waals surface area contributed by atoms with Gasteiger partial charge in [0.1, 0.15) is 0 Å². The number of benzene rings is 1. The molecular formula is C13H19NOS. The number of hydrogen-bond donors (Lipinski definition) is 1. The topological polar surface area (TPSA) is 43.1 Å². The van der Waals surface area contributed by atoms with Gasteiger partial charge in [0.25, 0.3) is 0 Å². The zero-order valence-corrected chi connectivity index (χ0v) is 10.9. The standard InChI is InChI=1S/C13H19NOS/c1-4-12(13(14)15)16-11-7-5-10(6-8-11)9(2)3/h5-9,12H,4H2,1-3H3,(H2,14,15). The van der Waals surface area contributed by atoms with Crippen molar-refractivity contribution in [3.63, 3.8) is 0 Å². The van der Waals surface area contributed by atoms with Crippen LogP contribution >= 0.6 is 11.8 Å². The van der Waals surface area contributed by atoms with Crippen LogP contribution in [0.4, 0.5) is 0 Å². The summed E-state index contributed by atoms with van der Waals surface area (Å²) < 4.78 is 0. The molecule has 1 aromatic carbocycles. The van der Waals surface area contributed by atoms with Gasteiger partial charge in [-0.15, -0.1) is 11.8 Å². The van der Waals surface area contributed by atoms with E-state index < -0.39 is 0 Å². The molecule has 88 valence electrons. The first-order chi connectivity index (χ1) is 7.54. The number of carbonyl (C=O) groups excluding carboxylic acids is 1. The van der Waals surface area contributed by atoms with Crippen molar-refractivity contribution in [2.75, 3.05) is 0 Å². The Balaban J connectivity index is 2.71. The average Bonchev–Trinajstić information content (AvgIpc) is 2.26. The molecule has 0 aliphatic heterocycles. The lowest BCUT2D eigenvalue weighted by atomic mass is 10.0. The Kier molecular flexibility index (Phi) is 4.87. The quantitative estimate of drug-likeness (QED) is 0.799. The summed E-state index contributed by atoms with van der Waals surface area (Å²) in [6.07, 6.45) is 0.770. The van der Waals surface area contributed by atoms with Crippen molar-refractivity contribution in [1.29, 1.82) is 0 Å². The second-order valence-electron chi connectivity index (χ2n) is 4.14. The van der Waals surface area contributed by atoms with Crippen LogP contribution in [0.5, 0.6) is 0 Å². The Labute approximate surface area is 102 Å². The third-order valence-electron chi connectivity index (χ3n) is 2.51. The Morgan fingerprint density at radius 1 is 1.31 bits per heavy atom. The SMILES string of the molecule is CCC(Sc1ccc(C(C)C)cc1)C(N)=O. The zero-order chi connectivity index (χ0) is 12.1. The molecule has 0 radical (unpaired) electrons. The molecule has 0 bridgehead atoms. The summed E-state index contributed by atoms with van der Waals surface area (Å²) in [6, 6.07) is 8.35. The summed E-state index contributed by atoms with van der Waals surface area (Å²) in [5, 5.41) is -0.120. The molecule has 0 aliphatic rings. The number of hydrogen-bond acceptors (Lipinski definition) is 2. The third-order valence-corrected chi connectivity index (χ3v) is 3.91. The molecule has 3 heteroatoms. The van der Waals surface area contributed by atoms with Gasteiger partial charge in [-0.1, -0.05) is 32.9 Å². The number of nitrogens with two attached hydrogens (primary N) is 1. The van der Waals surface area contributed by atoms with Crippen molar-refractivity contribution in [2.45, 2.75) is 43.3 Å². The molecule has 0 aliphatic carbocycles. The van der Waals surface area contributed by atoms with Crippen LogP contribution in [0.1, 0.15) is 38.7 Å². The van der Waals surface area contributed by atoms with Crippen molar-refractivity contribution in [2.24, 2.45) is 5.73 Å². The molecule has 1 atom stereocenters. The highest BCUT2D eigenvalue weighted by atomic mass is 32.2. The maximum absolute atomic E-state index is 11.1. The Bertz CT molecular complexity index is 345. The monoisotopic (exact) mass is 237 g/mol. The fourth-order valence-electron chi connectivity index (χ4n) is 1.44. The molecule has 0 saturated carbocycles. The van der Waals surface area contributed by atoms with Gasteiger partial charge < -0.3 is 5.73 Å². The number of carbonyl (C=O) groups is 1. The third kappa shape index (κ3) is 3.56. The molecule has 2 nitrogen and oxygen atoms in total. The Morgan fingerprint density at radius 3 is 2.25 bits per heavy atom. The molecule has 1 aromatic rings. The van der Waals surface area contributed by atoms with E-state index in [0.29, 0.717) is 5.92 Å². The normalized spacial score (nSPS) is 12.8. The molecule has 1 amide bonds. The van der Waals surface area contributed by atoms with E-state index in [9.17, 15) is 4.79 Å². The molecule has 0 spiro atoms. The zero-order valence-electron chi connectivity index (χ0n) is 10.1. The fourth-order valence-corrected chi connectivity index (χ4v) is 2.34. The summed E-state index contributed by atoms with van der Waals surface area (Å²) in [5.41, 5.74) is 6.63. The largest absolute Gasteiger partial charge is 0.369 e. The number of primary amides is 1. The molecule has 0 heterocycles. The van der Waals surface area contributed by atoms with Gasteiger partial charge in [-0.25, -0.2) is 0 Å². The molecule has 0 saturated heterocycles. The summed E-state index contributed by atoms with van der Waals surface area (Å²) in [4.78, 5) is 12.2. The van der Waals surface area contributed by atoms with Crippen molar-refractivity contribution in [1.82, 2.24) is 0 Å². The van der Waals surface area contributed by atoms with E-state index >= 15 is 0 Å². The van der Waals surface area contributed by atoms with Crippen molar-refractivity contribution in [3.05, 3.63) is 29.8 Å². The molecule has 1 rings (SSSR count). The number of thioether (sulfide) groups is 1. The van der Waals surface area contributed by atoms with E-state index in [-0.39, 0.29) is 11.2 Å². The van der Waals surface area contributed by atoms with E-state index in [1.54, 1.807) is 11.8 Å². The minimum absolute atomic E-state index is 0.120. The molecule has 0 aromatic heterocycles. The van der Waals surface area contributed by atoms with Crippen LogP contribution in [0.3, 0.4) is 0 Å². The first-order valence-corrected chi connectivity index (χ1v) is 6.48. The van der Waals surface area contributed by atoms with Gasteiger partial charge in [-0.3, -0.25) is 4.79 Å². The molecular weight excluding hydrogens is 218 g/mol. The highest BCUT2D eigenvalue weighted by Crippen LogP contribution is 2.26. The van der Waals surface area contributed by atoms with Crippen molar-refractivity contribution < 1.29 is 4.79 Å². The van der Waals surface area contributed by atoms with Crippen LogP contribution in [-0.4, -0.2) is 11.2 Å². The highest BCUT2D eigenvalue weighted by molar-refractivity contribution is 8.00. The van der Waals surface area contributed by atoms with E-state index in [2.05, 4.69) is 38.1 Å². The average molecular weight is 237 g/mol. The van der Waals surface area contributed by atoms with E-state index in [4.69, 9.17) is 5.73 Å². The summed E-state index contributed by atoms with van der Waals surface area (Å²) in [5.74, 6) is 0.303. The lowest BCUT2D eigenvalue weighted by Crippen LogP contribution is -2.24. The summed E-state index contributed by atoms with van der Waals surface area (Å²) in [7, 11) is 0. The van der Waals surface area contributed by atoms with Crippen LogP contribution < -0.4 is 5.73 Å². The van der Waals surface area contributed by atoms with Gasteiger partial charge in [0.2, 0.25) is 5.91 Å². The van der Waals surface area contributed by atoms with Gasteiger partial charge in [0, 0.05) is 4.90 Å². The molecule has 16 heavy (non-hydrogen) atoms. The second-order valence-corrected chi connectivity index (χ2v) is 5.42. The molecule has 1 unspecified atom stereocenters. The van der Waals surface area contributed by atoms with Crippen LogP contribution in [0.2, 0.25) is 0 Å². The van der Waals surface area contributed by atoms with Crippen molar-refractivity contribution in [3.8, 4) is 0 Å². The van der Waals surface area contributed by atoms with Crippen LogP contribution in [0, 0.1) is 0 Å². The van der Waals surface area contributed by atoms with Crippen molar-refractivity contribution >= 4 is 17.7 Å². The summed E-state index contributed by atoms with van der Waals surface area (Å²) >= 11 is 1.54. The fraction of sp³-hybridized carbons (Fsp3) is 0.462. The second kappa shape index (κ2) is 5.94. The van der Waals surface area contributed by atoms with E-state index in [0.717, 1.165) is 11.3 Å². The predicted octanol–water partition coefficient (Wildman–Crippen LogP) is 3.17. The van der Waals surface area contributed by atoms with Crippen LogP contribution in [0.25, 0.3) is 0 Å². The predicted molar refractivity (Wildman–Crippen MR) is 69.7 cm³/mol. The van der Waals surface area contributed by atoms with Gasteiger partial charge in [0.15, 0.2) is 0 Å². The van der Waals surface area contributed by atoms with Gasteiger partial charge in [0.05, 0.1) is 5.25 Å². The maximum atomic E-state index is 11.1. The van der Waals surface area contributed by atoms with Gasteiger partial charge >= 0.3 is 0 Å². The highest BCUT2D eigenvalue weighted by Gasteiger charge is 2.14. The smallest absolute Gasteiger partial charge is 0.230 e. The summed E-state index contributed by atoms with van der Waals surface area (Å²) in [6.45, 7) is 6.31. The first-order valence-electron chi connectivity index (χ1n) is 5.60. The van der Waals surface area contributed by atoms with E-state index in [1.165, 1.54) is 5.56 Å². The molecule has 2 N–H and O–H groups in total. The lowest BCUT2D eigenvalue weighted by Gasteiger charge is -2.11.